The van der Waals surface area contributed by atoms with Gasteiger partial charge in [-0.2, -0.15) is 0 Å². The molecule has 1 aromatic carbocycles. The molecule has 0 aliphatic heterocycles. The number of ketones is 1. The first-order chi connectivity index (χ1) is 10.2. The number of benzene rings is 1. The van der Waals surface area contributed by atoms with Crippen molar-refractivity contribution in [3.63, 3.8) is 0 Å². The Morgan fingerprint density at radius 1 is 1.05 bits per heavy atom. The molecule has 21 heavy (non-hydrogen) atoms. The number of fused-ring (bicyclic) bond motifs is 2. The van der Waals surface area contributed by atoms with Gasteiger partial charge in [-0.15, -0.1) is 0 Å². The van der Waals surface area contributed by atoms with Crippen LogP contribution in [0.4, 0.5) is 0 Å². The molecule has 0 radical (unpaired) electrons. The van der Waals surface area contributed by atoms with E-state index in [1.54, 1.807) is 27.4 Å². The van der Waals surface area contributed by atoms with Crippen LogP contribution in [0.15, 0.2) is 42.0 Å². The van der Waals surface area contributed by atoms with Gasteiger partial charge in [0.05, 0.1) is 0 Å². The van der Waals surface area contributed by atoms with E-state index in [0.717, 1.165) is 17.6 Å². The van der Waals surface area contributed by atoms with Gasteiger partial charge in [0.2, 0.25) is 0 Å². The molecule has 0 fully saturated rings. The molecule has 0 saturated heterocycles. The number of carbonyl (C=O) groups is 1. The second-order valence-corrected chi connectivity index (χ2v) is 8.17. The van der Waals surface area contributed by atoms with Gasteiger partial charge in [-0.3, -0.25) is 4.79 Å². The average Bonchev–Trinajstić information content (AvgIpc) is 2.89. The lowest BCUT2D eigenvalue weighted by Gasteiger charge is -2.33. The molecule has 3 rings (SSSR count). The zero-order valence-electron chi connectivity index (χ0n) is 12.4. The molecule has 0 heterocycles. The molecule has 2 aliphatic rings. The minimum absolute atomic E-state index is 0.00114. The molecule has 1 aromatic rings. The first-order valence-corrected chi connectivity index (χ1v) is 8.65. The summed E-state index contributed by atoms with van der Waals surface area (Å²) in [5.41, 5.74) is 4.13. The standard InChI is InChI=1S/C16H18O4Si/c1-18-21(19-2,20-3)16-14-10-11-6-4-5-7-12(11)13(14)8-9-15(16)17/h4-9,16H,10H2,1-3H3. The highest BCUT2D eigenvalue weighted by Crippen LogP contribution is 2.46. The van der Waals surface area contributed by atoms with Crippen molar-refractivity contribution < 1.29 is 18.1 Å². The van der Waals surface area contributed by atoms with Gasteiger partial charge >= 0.3 is 8.80 Å². The summed E-state index contributed by atoms with van der Waals surface area (Å²) in [5, 5.41) is 0. The van der Waals surface area contributed by atoms with Gasteiger partial charge in [-0.05, 0) is 34.8 Å². The Morgan fingerprint density at radius 3 is 2.38 bits per heavy atom. The van der Waals surface area contributed by atoms with Gasteiger partial charge in [-0.25, -0.2) is 0 Å². The van der Waals surface area contributed by atoms with Crippen molar-refractivity contribution in [2.24, 2.45) is 0 Å². The van der Waals surface area contributed by atoms with Gasteiger partial charge in [0.25, 0.3) is 0 Å². The Balaban J connectivity index is 2.11. The third-order valence-electron chi connectivity index (χ3n) is 4.29. The molecule has 2 aliphatic carbocycles. The lowest BCUT2D eigenvalue weighted by molar-refractivity contribution is -0.115. The van der Waals surface area contributed by atoms with E-state index < -0.39 is 14.3 Å². The van der Waals surface area contributed by atoms with Crippen molar-refractivity contribution in [1.29, 1.82) is 0 Å². The molecule has 1 atom stereocenters. The average molecular weight is 302 g/mol. The van der Waals surface area contributed by atoms with Crippen LogP contribution in [-0.2, 0) is 24.5 Å². The Morgan fingerprint density at radius 2 is 1.71 bits per heavy atom. The molecule has 110 valence electrons. The number of rotatable bonds is 4. The summed E-state index contributed by atoms with van der Waals surface area (Å²) in [6.45, 7) is 0. The van der Waals surface area contributed by atoms with Crippen LogP contribution < -0.4 is 0 Å². The number of carbonyl (C=O) groups excluding carboxylic acids is 1. The molecule has 0 bridgehead atoms. The van der Waals surface area contributed by atoms with Crippen molar-refractivity contribution in [1.82, 2.24) is 0 Å². The highest BCUT2D eigenvalue weighted by Gasteiger charge is 2.54. The first-order valence-electron chi connectivity index (χ1n) is 6.85. The molecular weight excluding hydrogens is 284 g/mol. The summed E-state index contributed by atoms with van der Waals surface area (Å²) < 4.78 is 16.7. The van der Waals surface area contributed by atoms with Crippen LogP contribution in [0.3, 0.4) is 0 Å². The van der Waals surface area contributed by atoms with Gasteiger partial charge in [-0.1, -0.05) is 30.3 Å². The van der Waals surface area contributed by atoms with E-state index in [2.05, 4.69) is 12.1 Å². The fraction of sp³-hybridized carbons (Fsp3) is 0.312. The number of hydrogen-bond acceptors (Lipinski definition) is 4. The van der Waals surface area contributed by atoms with Crippen molar-refractivity contribution >= 4 is 20.2 Å². The topological polar surface area (TPSA) is 44.8 Å². The van der Waals surface area contributed by atoms with Gasteiger partial charge in [0.1, 0.15) is 5.54 Å². The maximum atomic E-state index is 12.5. The quantitative estimate of drug-likeness (QED) is 0.801. The van der Waals surface area contributed by atoms with E-state index in [9.17, 15) is 4.79 Å². The molecule has 0 saturated carbocycles. The van der Waals surface area contributed by atoms with Gasteiger partial charge in [0.15, 0.2) is 5.78 Å². The Bertz CT molecular complexity index is 635. The van der Waals surface area contributed by atoms with E-state index in [0.29, 0.717) is 0 Å². The molecule has 0 aromatic heterocycles. The zero-order chi connectivity index (χ0) is 15.0. The van der Waals surface area contributed by atoms with Gasteiger partial charge < -0.3 is 13.3 Å². The number of allylic oxidation sites excluding steroid dienone is 4. The Hall–Kier alpha value is -1.53. The highest BCUT2D eigenvalue weighted by atomic mass is 28.4. The van der Waals surface area contributed by atoms with E-state index in [4.69, 9.17) is 13.3 Å². The largest absolute Gasteiger partial charge is 0.515 e. The minimum Gasteiger partial charge on any atom is -0.376 e. The summed E-state index contributed by atoms with van der Waals surface area (Å²) in [5.74, 6) is -0.00114. The SMILES string of the molecule is CO[Si](OC)(OC)C1C(=O)C=CC2=C1Cc1ccccc12. The molecule has 0 amide bonds. The normalized spacial score (nSPS) is 20.7. The highest BCUT2D eigenvalue weighted by molar-refractivity contribution is 6.68. The summed E-state index contributed by atoms with van der Waals surface area (Å²) in [6.07, 6.45) is 4.27. The van der Waals surface area contributed by atoms with Crippen LogP contribution in [0.25, 0.3) is 5.57 Å². The second-order valence-electron chi connectivity index (χ2n) is 5.16. The Kier molecular flexibility index (Phi) is 3.67. The third-order valence-corrected chi connectivity index (χ3v) is 7.34. The predicted octanol–water partition coefficient (Wildman–Crippen LogP) is 2.38. The maximum Gasteiger partial charge on any atom is 0.515 e. The third kappa shape index (κ3) is 2.05. The minimum atomic E-state index is -3.06. The summed E-state index contributed by atoms with van der Waals surface area (Å²) in [6, 6.07) is 8.22. The monoisotopic (exact) mass is 302 g/mol. The van der Waals surface area contributed by atoms with E-state index in [-0.39, 0.29) is 5.78 Å². The molecule has 1 unspecified atom stereocenters. The van der Waals surface area contributed by atoms with Crippen molar-refractivity contribution in [2.75, 3.05) is 21.3 Å². The van der Waals surface area contributed by atoms with Gasteiger partial charge in [0, 0.05) is 21.3 Å². The van der Waals surface area contributed by atoms with Crippen molar-refractivity contribution in [2.45, 2.75) is 12.0 Å². The Labute approximate surface area is 125 Å². The molecule has 0 N–H and O–H groups in total. The fourth-order valence-electron chi connectivity index (χ4n) is 3.29. The van der Waals surface area contributed by atoms with Crippen LogP contribution >= 0.6 is 0 Å². The molecule has 5 heteroatoms. The molecule has 4 nitrogen and oxygen atoms in total. The zero-order valence-corrected chi connectivity index (χ0v) is 13.4. The van der Waals surface area contributed by atoms with E-state index in [1.165, 1.54) is 11.1 Å². The van der Waals surface area contributed by atoms with Crippen LogP contribution in [-0.4, -0.2) is 35.9 Å². The molecular formula is C16H18O4Si. The van der Waals surface area contributed by atoms with Crippen LogP contribution in [0, 0.1) is 0 Å². The van der Waals surface area contributed by atoms with Crippen molar-refractivity contribution in [3.05, 3.63) is 53.1 Å². The second kappa shape index (κ2) is 5.34. The summed E-state index contributed by atoms with van der Waals surface area (Å²) in [4.78, 5) is 12.5. The van der Waals surface area contributed by atoms with Crippen molar-refractivity contribution in [3.8, 4) is 0 Å². The lowest BCUT2D eigenvalue weighted by Crippen LogP contribution is -2.51. The van der Waals surface area contributed by atoms with E-state index in [1.807, 2.05) is 18.2 Å². The first kappa shape index (κ1) is 14.4. The molecule has 0 spiro atoms. The smallest absolute Gasteiger partial charge is 0.376 e. The predicted molar refractivity (Wildman–Crippen MR) is 81.7 cm³/mol. The number of hydrogen-bond donors (Lipinski definition) is 0. The maximum absolute atomic E-state index is 12.5. The van der Waals surface area contributed by atoms with E-state index >= 15 is 0 Å². The van der Waals surface area contributed by atoms with Crippen LogP contribution in [0.5, 0.6) is 0 Å². The fourth-order valence-corrected chi connectivity index (χ4v) is 5.63. The summed E-state index contributed by atoms with van der Waals surface area (Å²) >= 11 is 0. The lowest BCUT2D eigenvalue weighted by atomic mass is 9.96. The summed E-state index contributed by atoms with van der Waals surface area (Å²) in [7, 11) is 1.58. The van der Waals surface area contributed by atoms with Crippen LogP contribution in [0.1, 0.15) is 11.1 Å². The van der Waals surface area contributed by atoms with Crippen LogP contribution in [0.2, 0.25) is 5.54 Å².